The van der Waals surface area contributed by atoms with E-state index in [9.17, 15) is 12.8 Å². The summed E-state index contributed by atoms with van der Waals surface area (Å²) < 4.78 is 41.6. The van der Waals surface area contributed by atoms with Crippen LogP contribution in [0.15, 0.2) is 24.3 Å². The molecule has 1 aliphatic rings. The van der Waals surface area contributed by atoms with Gasteiger partial charge in [0.2, 0.25) is 0 Å². The lowest BCUT2D eigenvalue weighted by atomic mass is 10.0. The standard InChI is InChI=1S/C15H20FN5O2S/c1-11-3-2-8-21(10-11)24(22,23)17-9-14-18-15(20-19-14)12-4-6-13(16)7-5-12/h4-7,11,17H,2-3,8-10H2,1H3,(H,18,19,20)/t11-/m1/s1. The summed E-state index contributed by atoms with van der Waals surface area (Å²) in [7, 11) is -3.53. The molecule has 3 rings (SSSR count). The van der Waals surface area contributed by atoms with Gasteiger partial charge in [-0.1, -0.05) is 6.92 Å². The Bertz CT molecular complexity index is 790. The lowest BCUT2D eigenvalue weighted by molar-refractivity contribution is 0.278. The molecule has 0 unspecified atom stereocenters. The SMILES string of the molecule is C[C@@H]1CCCN(S(=O)(=O)NCc2nc(-c3ccc(F)cc3)n[nH]2)C1. The Labute approximate surface area is 140 Å². The van der Waals surface area contributed by atoms with Crippen molar-refractivity contribution >= 4 is 10.2 Å². The van der Waals surface area contributed by atoms with Gasteiger partial charge in [0.05, 0.1) is 6.54 Å². The zero-order chi connectivity index (χ0) is 17.2. The van der Waals surface area contributed by atoms with Crippen LogP contribution in [0.3, 0.4) is 0 Å². The first-order valence-corrected chi connectivity index (χ1v) is 9.30. The Morgan fingerprint density at radius 1 is 1.38 bits per heavy atom. The second-order valence-corrected chi connectivity index (χ2v) is 7.80. The molecule has 0 saturated carbocycles. The second kappa shape index (κ2) is 6.96. The van der Waals surface area contributed by atoms with Crippen molar-refractivity contribution in [2.45, 2.75) is 26.3 Å². The minimum Gasteiger partial charge on any atom is -0.262 e. The number of hydrogen-bond donors (Lipinski definition) is 2. The normalized spacial score (nSPS) is 19.5. The molecule has 24 heavy (non-hydrogen) atoms. The molecule has 1 atom stereocenters. The number of benzene rings is 1. The molecule has 1 fully saturated rings. The lowest BCUT2D eigenvalue weighted by Gasteiger charge is -2.29. The lowest BCUT2D eigenvalue weighted by Crippen LogP contribution is -2.45. The van der Waals surface area contributed by atoms with Crippen molar-refractivity contribution < 1.29 is 12.8 Å². The summed E-state index contributed by atoms with van der Waals surface area (Å²) in [5, 5.41) is 6.74. The Morgan fingerprint density at radius 3 is 2.83 bits per heavy atom. The number of halogens is 1. The summed E-state index contributed by atoms with van der Waals surface area (Å²) in [6.07, 6.45) is 1.92. The molecule has 0 radical (unpaired) electrons. The Kier molecular flexibility index (Phi) is 4.93. The van der Waals surface area contributed by atoms with Crippen molar-refractivity contribution in [2.75, 3.05) is 13.1 Å². The topological polar surface area (TPSA) is 91.0 Å². The highest BCUT2D eigenvalue weighted by molar-refractivity contribution is 7.87. The third kappa shape index (κ3) is 3.97. The van der Waals surface area contributed by atoms with Gasteiger partial charge in [-0.2, -0.15) is 22.5 Å². The Hall–Kier alpha value is -1.84. The van der Waals surface area contributed by atoms with Crippen LogP contribution in [0.25, 0.3) is 11.4 Å². The second-order valence-electron chi connectivity index (χ2n) is 6.04. The number of aromatic amines is 1. The highest BCUT2D eigenvalue weighted by Gasteiger charge is 2.26. The summed E-state index contributed by atoms with van der Waals surface area (Å²) in [4.78, 5) is 4.24. The molecule has 130 valence electrons. The van der Waals surface area contributed by atoms with Crippen LogP contribution in [0.2, 0.25) is 0 Å². The van der Waals surface area contributed by atoms with E-state index in [4.69, 9.17) is 0 Å². The van der Waals surface area contributed by atoms with Crippen molar-refractivity contribution in [3.63, 3.8) is 0 Å². The average molecular weight is 353 g/mol. The fourth-order valence-corrected chi connectivity index (χ4v) is 4.04. The number of nitrogens with one attached hydrogen (secondary N) is 2. The Balaban J connectivity index is 1.63. The third-order valence-electron chi connectivity index (χ3n) is 4.02. The molecule has 1 saturated heterocycles. The number of piperidine rings is 1. The number of H-pyrrole nitrogens is 1. The molecule has 1 aromatic carbocycles. The van der Waals surface area contributed by atoms with Crippen molar-refractivity contribution in [3.05, 3.63) is 35.9 Å². The summed E-state index contributed by atoms with van der Waals surface area (Å²) in [6, 6.07) is 5.79. The number of rotatable bonds is 5. The predicted octanol–water partition coefficient (Wildman–Crippen LogP) is 1.68. The van der Waals surface area contributed by atoms with E-state index in [0.717, 1.165) is 12.8 Å². The van der Waals surface area contributed by atoms with Gasteiger partial charge in [0.25, 0.3) is 10.2 Å². The highest BCUT2D eigenvalue weighted by Crippen LogP contribution is 2.18. The zero-order valence-corrected chi connectivity index (χ0v) is 14.2. The van der Waals surface area contributed by atoms with Gasteiger partial charge in [0.15, 0.2) is 5.82 Å². The molecular weight excluding hydrogens is 333 g/mol. The molecule has 0 aliphatic carbocycles. The van der Waals surface area contributed by atoms with Crippen LogP contribution in [0.1, 0.15) is 25.6 Å². The van der Waals surface area contributed by atoms with E-state index in [2.05, 4.69) is 19.9 Å². The zero-order valence-electron chi connectivity index (χ0n) is 13.4. The van der Waals surface area contributed by atoms with Gasteiger partial charge in [0.1, 0.15) is 11.6 Å². The number of aromatic nitrogens is 3. The summed E-state index contributed by atoms with van der Waals surface area (Å²) in [5.41, 5.74) is 0.659. The van der Waals surface area contributed by atoms with Crippen LogP contribution in [-0.4, -0.2) is 41.0 Å². The smallest absolute Gasteiger partial charge is 0.262 e. The number of hydrogen-bond acceptors (Lipinski definition) is 4. The molecule has 2 N–H and O–H groups in total. The largest absolute Gasteiger partial charge is 0.279 e. The summed E-state index contributed by atoms with van der Waals surface area (Å²) >= 11 is 0. The predicted molar refractivity (Wildman–Crippen MR) is 87.5 cm³/mol. The van der Waals surface area contributed by atoms with Gasteiger partial charge < -0.3 is 0 Å². The number of nitrogens with zero attached hydrogens (tertiary/aromatic N) is 3. The van der Waals surface area contributed by atoms with E-state index in [1.807, 2.05) is 6.92 Å². The molecule has 0 bridgehead atoms. The van der Waals surface area contributed by atoms with Crippen LogP contribution < -0.4 is 4.72 Å². The van der Waals surface area contributed by atoms with E-state index in [-0.39, 0.29) is 12.4 Å². The minimum atomic E-state index is -3.53. The fourth-order valence-electron chi connectivity index (χ4n) is 2.72. The third-order valence-corrected chi connectivity index (χ3v) is 5.54. The maximum absolute atomic E-state index is 12.9. The highest BCUT2D eigenvalue weighted by atomic mass is 32.2. The molecule has 2 heterocycles. The quantitative estimate of drug-likeness (QED) is 0.855. The molecule has 1 aromatic heterocycles. The van der Waals surface area contributed by atoms with Crippen LogP contribution in [0.4, 0.5) is 4.39 Å². The summed E-state index contributed by atoms with van der Waals surface area (Å²) in [6.45, 7) is 3.15. The average Bonchev–Trinajstić information content (AvgIpc) is 3.03. The molecule has 9 heteroatoms. The van der Waals surface area contributed by atoms with Crippen molar-refractivity contribution in [2.24, 2.45) is 5.92 Å². The fraction of sp³-hybridized carbons (Fsp3) is 0.467. The van der Waals surface area contributed by atoms with Gasteiger partial charge in [-0.25, -0.2) is 9.37 Å². The van der Waals surface area contributed by atoms with Crippen LogP contribution in [0.5, 0.6) is 0 Å². The summed E-state index contributed by atoms with van der Waals surface area (Å²) in [5.74, 6) is 0.836. The van der Waals surface area contributed by atoms with Crippen molar-refractivity contribution in [1.29, 1.82) is 0 Å². The van der Waals surface area contributed by atoms with E-state index in [1.165, 1.54) is 16.4 Å². The Morgan fingerprint density at radius 2 is 2.12 bits per heavy atom. The van der Waals surface area contributed by atoms with Crippen molar-refractivity contribution in [1.82, 2.24) is 24.2 Å². The first-order valence-electron chi connectivity index (χ1n) is 7.86. The van der Waals surface area contributed by atoms with E-state index in [1.54, 1.807) is 12.1 Å². The minimum absolute atomic E-state index is 0.0292. The monoisotopic (exact) mass is 353 g/mol. The molecule has 2 aromatic rings. The molecule has 0 amide bonds. The maximum atomic E-state index is 12.9. The van der Waals surface area contributed by atoms with Crippen LogP contribution in [0, 0.1) is 11.7 Å². The van der Waals surface area contributed by atoms with Gasteiger partial charge in [0, 0.05) is 18.7 Å². The molecule has 1 aliphatic heterocycles. The van der Waals surface area contributed by atoms with Crippen LogP contribution >= 0.6 is 0 Å². The van der Waals surface area contributed by atoms with Gasteiger partial charge >= 0.3 is 0 Å². The van der Waals surface area contributed by atoms with Gasteiger partial charge in [-0.3, -0.25) is 5.10 Å². The first-order chi connectivity index (χ1) is 11.4. The van der Waals surface area contributed by atoms with E-state index >= 15 is 0 Å². The van der Waals surface area contributed by atoms with E-state index in [0.29, 0.717) is 36.2 Å². The van der Waals surface area contributed by atoms with E-state index < -0.39 is 10.2 Å². The van der Waals surface area contributed by atoms with Crippen molar-refractivity contribution in [3.8, 4) is 11.4 Å². The molecule has 7 nitrogen and oxygen atoms in total. The van der Waals surface area contributed by atoms with Gasteiger partial charge in [-0.05, 0) is 43.0 Å². The van der Waals surface area contributed by atoms with Crippen LogP contribution in [-0.2, 0) is 16.8 Å². The van der Waals surface area contributed by atoms with Gasteiger partial charge in [-0.15, -0.1) is 0 Å². The maximum Gasteiger partial charge on any atom is 0.279 e. The first kappa shape index (κ1) is 17.0. The molecular formula is C15H20FN5O2S. The molecule has 0 spiro atoms.